The monoisotopic (exact) mass is 293 g/mol. The molecule has 112 valence electrons. The van der Waals surface area contributed by atoms with Gasteiger partial charge in [0, 0.05) is 21.8 Å². The van der Waals surface area contributed by atoms with Gasteiger partial charge in [-0.2, -0.15) is 0 Å². The zero-order chi connectivity index (χ0) is 15.5. The molecule has 1 fully saturated rings. The second-order valence-corrected chi connectivity index (χ2v) is 6.97. The van der Waals surface area contributed by atoms with E-state index in [0.29, 0.717) is 0 Å². The van der Waals surface area contributed by atoms with Gasteiger partial charge in [-0.1, -0.05) is 36.4 Å². The lowest BCUT2D eigenvalue weighted by atomic mass is 9.90. The van der Waals surface area contributed by atoms with E-state index in [1.165, 1.54) is 10.8 Å². The highest BCUT2D eigenvalue weighted by atomic mass is 16.7. The summed E-state index contributed by atoms with van der Waals surface area (Å²) in [4.78, 5) is 0. The maximum absolute atomic E-state index is 6.27. The predicted octanol–water partition coefficient (Wildman–Crippen LogP) is 4.23. The van der Waals surface area contributed by atoms with Crippen molar-refractivity contribution in [3.8, 4) is 0 Å². The molecule has 0 aliphatic carbocycles. The first kappa shape index (κ1) is 13.9. The minimum absolute atomic E-state index is 0.343. The second kappa shape index (κ2) is 4.37. The van der Waals surface area contributed by atoms with E-state index < -0.39 is 7.25 Å². The summed E-state index contributed by atoms with van der Waals surface area (Å²) in [6.07, 6.45) is 0. The van der Waals surface area contributed by atoms with E-state index in [4.69, 9.17) is 9.31 Å². The summed E-state index contributed by atoms with van der Waals surface area (Å²) in [6.45, 7) is 8.34. The van der Waals surface area contributed by atoms with Crippen LogP contribution >= 0.6 is 0 Å². The topological polar surface area (TPSA) is 23.4 Å². The third-order valence-electron chi connectivity index (χ3n) is 5.07. The van der Waals surface area contributed by atoms with Crippen molar-refractivity contribution in [2.75, 3.05) is 0 Å². The summed E-state index contributed by atoms with van der Waals surface area (Å²) in [5.74, 6) is 0. The Labute approximate surface area is 131 Å². The van der Waals surface area contributed by atoms with Crippen molar-refractivity contribution in [1.82, 2.24) is 4.48 Å². The zero-order valence-corrected chi connectivity index (χ0v) is 13.5. The van der Waals surface area contributed by atoms with Crippen molar-refractivity contribution < 1.29 is 9.31 Å². The Kier molecular flexibility index (Phi) is 2.75. The largest absolute Gasteiger partial charge is 0.598 e. The predicted molar refractivity (Wildman–Crippen MR) is 90.9 cm³/mol. The van der Waals surface area contributed by atoms with Gasteiger partial charge in [0.2, 0.25) is 0 Å². The quantitative estimate of drug-likeness (QED) is 0.627. The second-order valence-electron chi connectivity index (χ2n) is 6.97. The molecule has 0 atom stereocenters. The number of rotatable bonds is 1. The molecule has 22 heavy (non-hydrogen) atoms. The number of para-hydroxylation sites is 2. The van der Waals surface area contributed by atoms with E-state index in [2.05, 4.69) is 80.7 Å². The molecular formula is C18H20BNO2. The molecule has 1 aliphatic heterocycles. The maximum Gasteiger partial charge on any atom is 0.598 e. The van der Waals surface area contributed by atoms with E-state index in [9.17, 15) is 0 Å². The Morgan fingerprint density at radius 3 is 1.59 bits per heavy atom. The molecule has 3 aromatic rings. The fraction of sp³-hybridized carbons (Fsp3) is 0.333. The molecule has 0 amide bonds. The molecule has 1 saturated heterocycles. The molecule has 0 unspecified atom stereocenters. The first-order chi connectivity index (χ1) is 10.4. The SMILES string of the molecule is CC1(C)OB(n2c3ccccc3c3ccccc32)OC1(C)C. The summed E-state index contributed by atoms with van der Waals surface area (Å²) in [7, 11) is -0.408. The fourth-order valence-electron chi connectivity index (χ4n) is 3.10. The van der Waals surface area contributed by atoms with Gasteiger partial charge >= 0.3 is 7.25 Å². The van der Waals surface area contributed by atoms with Crippen molar-refractivity contribution in [3.05, 3.63) is 48.5 Å². The molecule has 0 spiro atoms. The summed E-state index contributed by atoms with van der Waals surface area (Å²) in [5, 5.41) is 2.46. The highest BCUT2D eigenvalue weighted by molar-refractivity contribution is 6.47. The van der Waals surface area contributed by atoms with Crippen LogP contribution in [0.15, 0.2) is 48.5 Å². The summed E-state index contributed by atoms with van der Waals surface area (Å²) >= 11 is 0. The summed E-state index contributed by atoms with van der Waals surface area (Å²) in [6, 6.07) is 16.8. The van der Waals surface area contributed by atoms with Crippen LogP contribution in [0.25, 0.3) is 21.8 Å². The van der Waals surface area contributed by atoms with Gasteiger partial charge in [-0.3, -0.25) is 0 Å². The summed E-state index contributed by atoms with van der Waals surface area (Å²) < 4.78 is 14.7. The van der Waals surface area contributed by atoms with Crippen LogP contribution in [0.4, 0.5) is 0 Å². The fourth-order valence-corrected chi connectivity index (χ4v) is 3.10. The van der Waals surface area contributed by atoms with Gasteiger partial charge in [-0.05, 0) is 39.8 Å². The molecule has 1 aromatic heterocycles. The molecule has 2 heterocycles. The van der Waals surface area contributed by atoms with Crippen molar-refractivity contribution >= 4 is 29.1 Å². The first-order valence-corrected chi connectivity index (χ1v) is 7.74. The molecule has 1 aliphatic rings. The molecule has 2 aromatic carbocycles. The number of nitrogens with zero attached hydrogens (tertiary/aromatic N) is 1. The molecule has 0 saturated carbocycles. The van der Waals surface area contributed by atoms with Crippen LogP contribution in [0.3, 0.4) is 0 Å². The van der Waals surface area contributed by atoms with Crippen LogP contribution in [0, 0.1) is 0 Å². The van der Waals surface area contributed by atoms with Gasteiger partial charge in [0.05, 0.1) is 11.2 Å². The number of hydrogen-bond acceptors (Lipinski definition) is 2. The Hall–Kier alpha value is -1.78. The Morgan fingerprint density at radius 2 is 1.14 bits per heavy atom. The van der Waals surface area contributed by atoms with Crippen molar-refractivity contribution in [2.24, 2.45) is 0 Å². The van der Waals surface area contributed by atoms with Gasteiger partial charge in [-0.15, -0.1) is 0 Å². The van der Waals surface area contributed by atoms with E-state index >= 15 is 0 Å². The first-order valence-electron chi connectivity index (χ1n) is 7.74. The maximum atomic E-state index is 6.27. The number of aromatic nitrogens is 1. The molecule has 0 N–H and O–H groups in total. The lowest BCUT2D eigenvalue weighted by Crippen LogP contribution is -2.41. The number of benzene rings is 2. The molecule has 3 nitrogen and oxygen atoms in total. The Bertz CT molecular complexity index is 797. The average molecular weight is 293 g/mol. The van der Waals surface area contributed by atoms with Crippen LogP contribution < -0.4 is 0 Å². The molecule has 4 rings (SSSR count). The van der Waals surface area contributed by atoms with Crippen LogP contribution in [-0.2, 0) is 9.31 Å². The summed E-state index contributed by atoms with van der Waals surface area (Å²) in [5.41, 5.74) is 1.60. The van der Waals surface area contributed by atoms with Crippen LogP contribution in [0.2, 0.25) is 0 Å². The van der Waals surface area contributed by atoms with Crippen LogP contribution in [0.5, 0.6) is 0 Å². The van der Waals surface area contributed by atoms with Gasteiger partial charge < -0.3 is 13.8 Å². The van der Waals surface area contributed by atoms with Gasteiger partial charge in [0.1, 0.15) is 0 Å². The average Bonchev–Trinajstić information content (AvgIpc) is 2.90. The standard InChI is InChI=1S/C18H20BNO2/c1-17(2)18(3,4)22-19(21-17)20-15-11-7-5-9-13(15)14-10-6-8-12-16(14)20/h5-12H,1-4H3. The molecule has 0 bridgehead atoms. The van der Waals surface area contributed by atoms with E-state index in [-0.39, 0.29) is 11.2 Å². The smallest absolute Gasteiger partial charge is 0.384 e. The normalized spacial score (nSPS) is 20.1. The number of fused-ring (bicyclic) bond motifs is 3. The third kappa shape index (κ3) is 1.77. The minimum atomic E-state index is -0.408. The van der Waals surface area contributed by atoms with Crippen molar-refractivity contribution in [3.63, 3.8) is 0 Å². The van der Waals surface area contributed by atoms with E-state index in [0.717, 1.165) is 11.0 Å². The zero-order valence-electron chi connectivity index (χ0n) is 13.5. The Morgan fingerprint density at radius 1 is 0.727 bits per heavy atom. The highest BCUT2D eigenvalue weighted by Crippen LogP contribution is 2.39. The molecular weight excluding hydrogens is 273 g/mol. The van der Waals surface area contributed by atoms with E-state index in [1.807, 2.05) is 0 Å². The lowest BCUT2D eigenvalue weighted by molar-refractivity contribution is 0.00578. The van der Waals surface area contributed by atoms with Crippen LogP contribution in [-0.4, -0.2) is 22.9 Å². The molecule has 4 heteroatoms. The Balaban J connectivity index is 1.99. The van der Waals surface area contributed by atoms with Crippen molar-refractivity contribution in [2.45, 2.75) is 38.9 Å². The van der Waals surface area contributed by atoms with Crippen LogP contribution in [0.1, 0.15) is 27.7 Å². The molecule has 0 radical (unpaired) electrons. The highest BCUT2D eigenvalue weighted by Gasteiger charge is 2.53. The van der Waals surface area contributed by atoms with Gasteiger partial charge in [0.25, 0.3) is 0 Å². The number of hydrogen-bond donors (Lipinski definition) is 0. The van der Waals surface area contributed by atoms with Gasteiger partial charge in [-0.25, -0.2) is 0 Å². The van der Waals surface area contributed by atoms with E-state index in [1.54, 1.807) is 0 Å². The minimum Gasteiger partial charge on any atom is -0.384 e. The third-order valence-corrected chi connectivity index (χ3v) is 5.07. The van der Waals surface area contributed by atoms with Crippen molar-refractivity contribution in [1.29, 1.82) is 0 Å². The lowest BCUT2D eigenvalue weighted by Gasteiger charge is -2.32. The van der Waals surface area contributed by atoms with Gasteiger partial charge in [0.15, 0.2) is 0 Å².